The first-order chi connectivity index (χ1) is 13.6. The summed E-state index contributed by atoms with van der Waals surface area (Å²) >= 11 is 12.3. The lowest BCUT2D eigenvalue weighted by atomic mass is 9.85. The van der Waals surface area contributed by atoms with E-state index < -0.39 is 15.7 Å². The van der Waals surface area contributed by atoms with Crippen molar-refractivity contribution in [2.45, 2.75) is 56.9 Å². The van der Waals surface area contributed by atoms with E-state index in [-0.39, 0.29) is 34.7 Å². The number of nitrogens with one attached hydrogen (secondary N) is 2. The number of amides is 1. The molecule has 0 radical (unpaired) electrons. The topological polar surface area (TPSA) is 81.7 Å². The van der Waals surface area contributed by atoms with E-state index in [0.717, 1.165) is 38.9 Å². The molecule has 0 saturated carbocycles. The normalized spacial score (nSPS) is 23.8. The smallest absolute Gasteiger partial charge is 0.237 e. The molecule has 2 saturated heterocycles. The molecule has 2 heterocycles. The molecule has 1 aromatic carbocycles. The first-order valence-corrected chi connectivity index (χ1v) is 11.9. The second-order valence-electron chi connectivity index (χ2n) is 8.77. The van der Waals surface area contributed by atoms with Gasteiger partial charge < -0.3 is 10.4 Å². The van der Waals surface area contributed by atoms with Gasteiger partial charge in [0.25, 0.3) is 0 Å². The maximum atomic E-state index is 12.9. The molecule has 0 aliphatic carbocycles. The molecule has 3 rings (SSSR count). The number of likely N-dealkylation sites (tertiary alicyclic amines) is 1. The fourth-order valence-corrected chi connectivity index (χ4v) is 5.23. The summed E-state index contributed by atoms with van der Waals surface area (Å²) in [6, 6.07) is 2.72. The summed E-state index contributed by atoms with van der Waals surface area (Å²) in [6.07, 6.45) is 2.48. The quantitative estimate of drug-likeness (QED) is 0.627. The van der Waals surface area contributed by atoms with Gasteiger partial charge in [-0.05, 0) is 65.1 Å². The molecule has 1 amide bonds. The second kappa shape index (κ2) is 9.10. The van der Waals surface area contributed by atoms with Crippen LogP contribution in [-0.2, 0) is 15.8 Å². The summed E-state index contributed by atoms with van der Waals surface area (Å²) in [5.41, 5.74) is 0.606. The highest BCUT2D eigenvalue weighted by atomic mass is 35.5. The molecule has 2 aliphatic rings. The molecule has 9 heteroatoms. The summed E-state index contributed by atoms with van der Waals surface area (Å²) < 4.78 is 15.7. The predicted octanol–water partition coefficient (Wildman–Crippen LogP) is 3.39. The van der Waals surface area contributed by atoms with E-state index >= 15 is 0 Å². The van der Waals surface area contributed by atoms with Gasteiger partial charge in [-0.15, -0.1) is 0 Å². The third-order valence-electron chi connectivity index (χ3n) is 5.70. The molecule has 3 atom stereocenters. The molecular weight excluding hydrogens is 433 g/mol. The minimum atomic E-state index is -1.32. The largest absolute Gasteiger partial charge is 0.508 e. The van der Waals surface area contributed by atoms with Gasteiger partial charge in [0.2, 0.25) is 5.91 Å². The van der Waals surface area contributed by atoms with Gasteiger partial charge in [-0.3, -0.25) is 9.69 Å². The summed E-state index contributed by atoms with van der Waals surface area (Å²) in [6.45, 7) is 8.02. The highest BCUT2D eigenvalue weighted by Gasteiger charge is 2.37. The van der Waals surface area contributed by atoms with Crippen molar-refractivity contribution in [2.24, 2.45) is 5.92 Å². The van der Waals surface area contributed by atoms with E-state index in [1.807, 2.05) is 20.8 Å². The molecule has 2 fully saturated rings. The van der Waals surface area contributed by atoms with Crippen LogP contribution in [0.15, 0.2) is 12.1 Å². The number of aromatic hydroxyl groups is 1. The Hall–Kier alpha value is -0.860. The van der Waals surface area contributed by atoms with E-state index in [1.54, 1.807) is 6.07 Å². The Morgan fingerprint density at radius 3 is 2.38 bits per heavy atom. The fourth-order valence-electron chi connectivity index (χ4n) is 4.00. The zero-order chi connectivity index (χ0) is 21.3. The molecule has 2 aliphatic heterocycles. The van der Waals surface area contributed by atoms with E-state index in [1.165, 1.54) is 6.07 Å². The van der Waals surface area contributed by atoms with Gasteiger partial charge in [0.05, 0.1) is 37.9 Å². The molecule has 0 bridgehead atoms. The van der Waals surface area contributed by atoms with Gasteiger partial charge in [-0.25, -0.2) is 8.93 Å². The van der Waals surface area contributed by atoms with Crippen molar-refractivity contribution in [1.82, 2.24) is 14.9 Å². The van der Waals surface area contributed by atoms with Crippen molar-refractivity contribution in [3.8, 4) is 5.75 Å². The number of phenolic OH excluding ortho intramolecular Hbond substituents is 1. The Balaban J connectivity index is 1.81. The number of benzene rings is 1. The van der Waals surface area contributed by atoms with Crippen molar-refractivity contribution >= 4 is 40.1 Å². The Labute approximate surface area is 184 Å². The Bertz CT molecular complexity index is 792. The summed E-state index contributed by atoms with van der Waals surface area (Å²) in [5, 5.41) is 14.1. The lowest BCUT2D eigenvalue weighted by Crippen LogP contribution is -2.47. The highest BCUT2D eigenvalue weighted by Crippen LogP contribution is 2.40. The number of hydrogen-bond donors (Lipinski definition) is 3. The summed E-state index contributed by atoms with van der Waals surface area (Å²) in [7, 11) is -1.32. The average Bonchev–Trinajstić information content (AvgIpc) is 3.08. The number of rotatable bonds is 5. The van der Waals surface area contributed by atoms with Crippen LogP contribution in [0, 0.1) is 5.92 Å². The van der Waals surface area contributed by atoms with Crippen LogP contribution in [0.1, 0.15) is 51.6 Å². The molecule has 3 unspecified atom stereocenters. The van der Waals surface area contributed by atoms with Gasteiger partial charge in [-0.2, -0.15) is 0 Å². The number of piperidine rings is 1. The third kappa shape index (κ3) is 5.25. The zero-order valence-corrected chi connectivity index (χ0v) is 19.3. The van der Waals surface area contributed by atoms with Crippen molar-refractivity contribution in [2.75, 3.05) is 19.6 Å². The van der Waals surface area contributed by atoms with Crippen molar-refractivity contribution < 1.29 is 14.1 Å². The number of hydrogen-bond acceptors (Lipinski definition) is 4. The zero-order valence-electron chi connectivity index (χ0n) is 17.0. The van der Waals surface area contributed by atoms with Gasteiger partial charge in [0.1, 0.15) is 5.75 Å². The predicted molar refractivity (Wildman–Crippen MR) is 118 cm³/mol. The van der Waals surface area contributed by atoms with Crippen LogP contribution in [0.5, 0.6) is 5.75 Å². The van der Waals surface area contributed by atoms with Crippen molar-refractivity contribution in [1.29, 1.82) is 0 Å². The molecule has 162 valence electrons. The first kappa shape index (κ1) is 22.8. The Morgan fingerprint density at radius 2 is 1.83 bits per heavy atom. The van der Waals surface area contributed by atoms with Gasteiger partial charge in [-0.1, -0.05) is 23.2 Å². The van der Waals surface area contributed by atoms with E-state index in [2.05, 4.69) is 14.9 Å². The van der Waals surface area contributed by atoms with Crippen LogP contribution in [0.4, 0.5) is 0 Å². The van der Waals surface area contributed by atoms with Crippen LogP contribution in [0.3, 0.4) is 0 Å². The first-order valence-electron chi connectivity index (χ1n) is 9.95. The molecule has 0 spiro atoms. The number of halogens is 2. The minimum Gasteiger partial charge on any atom is -0.508 e. The Morgan fingerprint density at radius 1 is 1.21 bits per heavy atom. The van der Waals surface area contributed by atoms with Crippen LogP contribution in [-0.4, -0.2) is 50.5 Å². The lowest BCUT2D eigenvalue weighted by molar-refractivity contribution is -0.124. The Kier molecular flexibility index (Phi) is 7.16. The molecule has 0 aromatic heterocycles. The molecule has 29 heavy (non-hydrogen) atoms. The van der Waals surface area contributed by atoms with E-state index in [4.69, 9.17) is 23.2 Å². The molecule has 6 nitrogen and oxygen atoms in total. The molecular formula is C20H29Cl2N3O3S. The number of phenols is 1. The van der Waals surface area contributed by atoms with Crippen LogP contribution in [0.2, 0.25) is 10.0 Å². The van der Waals surface area contributed by atoms with E-state index in [0.29, 0.717) is 10.6 Å². The average molecular weight is 462 g/mol. The number of nitrogens with zero attached hydrogens (tertiary/aromatic N) is 1. The SMILES string of the molecule is CC(C)(C)S(=O)NC(c1cc(Cl)c(Cl)cc1O)C1CCN(C2CCNC2=O)CC1. The van der Waals surface area contributed by atoms with Crippen LogP contribution >= 0.6 is 23.2 Å². The summed E-state index contributed by atoms with van der Waals surface area (Å²) in [5.74, 6) is 0.291. The van der Waals surface area contributed by atoms with Gasteiger partial charge in [0, 0.05) is 18.2 Å². The molecule has 3 N–H and O–H groups in total. The highest BCUT2D eigenvalue weighted by molar-refractivity contribution is 7.84. The van der Waals surface area contributed by atoms with E-state index in [9.17, 15) is 14.1 Å². The maximum absolute atomic E-state index is 12.9. The standard InChI is InChI=1S/C20H29Cl2N3O3S/c1-20(2,3)29(28)24-18(13-10-14(21)15(22)11-17(13)26)12-5-8-25(9-6-12)16-4-7-23-19(16)27/h10-12,16,18,24,26H,4-9H2,1-3H3,(H,23,27). The maximum Gasteiger partial charge on any atom is 0.237 e. The fraction of sp³-hybridized carbons (Fsp3) is 0.650. The third-order valence-corrected chi connectivity index (χ3v) is 8.00. The lowest BCUT2D eigenvalue weighted by Gasteiger charge is -2.39. The second-order valence-corrected chi connectivity index (χ2v) is 11.6. The summed E-state index contributed by atoms with van der Waals surface area (Å²) in [4.78, 5) is 14.2. The molecule has 1 aromatic rings. The van der Waals surface area contributed by atoms with Gasteiger partial charge in [0.15, 0.2) is 0 Å². The van der Waals surface area contributed by atoms with Gasteiger partial charge >= 0.3 is 0 Å². The minimum absolute atomic E-state index is 0.0420. The number of carbonyl (C=O) groups excluding carboxylic acids is 1. The number of carbonyl (C=O) groups is 1. The van der Waals surface area contributed by atoms with Crippen LogP contribution < -0.4 is 10.0 Å². The van der Waals surface area contributed by atoms with Crippen LogP contribution in [0.25, 0.3) is 0 Å². The monoisotopic (exact) mass is 461 g/mol. The van der Waals surface area contributed by atoms with Crippen molar-refractivity contribution in [3.05, 3.63) is 27.7 Å². The van der Waals surface area contributed by atoms with Crippen molar-refractivity contribution in [3.63, 3.8) is 0 Å².